The van der Waals surface area contributed by atoms with Crippen molar-refractivity contribution in [1.82, 2.24) is 31.2 Å². The zero-order chi connectivity index (χ0) is 44.9. The third-order valence-electron chi connectivity index (χ3n) is 9.51. The standard InChI is InChI=1S/C44H56N10O7/c1-26-31(10-9-30(50-26)13-15-44(3,4)5)40(56)52-34(14-16-45)43(59)54(6)38-29-8-12-37(61-22-19-48)33(25-29)32-23-28(7-11-36(32)60-21-18-47)24-35(41(57)49-20-17-46)53-39(55)27(2)51-42(38)58/h7-12,23,25,27,34-35,38H,14,16,18-22,24,45,47-48H2,1-6H3,(H,49,57)(H,51,58)(H,52,56)(H,53,55)/t27-,34?,35-,38-/m0/s1. The van der Waals surface area contributed by atoms with Crippen LogP contribution in [0.1, 0.15) is 73.0 Å². The number of pyridine rings is 1. The number of nitriles is 1. The van der Waals surface area contributed by atoms with Crippen molar-refractivity contribution in [3.63, 3.8) is 0 Å². The first-order valence-electron chi connectivity index (χ1n) is 20.0. The maximum Gasteiger partial charge on any atom is 0.253 e. The molecule has 1 aromatic heterocycles. The number of hydrogen-bond acceptors (Lipinski definition) is 12. The number of nitrogens with zero attached hydrogens (tertiary/aromatic N) is 3. The van der Waals surface area contributed by atoms with Crippen LogP contribution in [0.15, 0.2) is 48.5 Å². The number of aromatic nitrogens is 1. The zero-order valence-electron chi connectivity index (χ0n) is 35.5. The molecule has 1 aliphatic heterocycles. The second-order valence-electron chi connectivity index (χ2n) is 15.5. The fourth-order valence-electron chi connectivity index (χ4n) is 6.49. The third kappa shape index (κ3) is 12.7. The van der Waals surface area contributed by atoms with Crippen LogP contribution in [0.4, 0.5) is 0 Å². The minimum absolute atomic E-state index is 0.00562. The Morgan fingerprint density at radius 1 is 0.951 bits per heavy atom. The van der Waals surface area contributed by atoms with Gasteiger partial charge in [-0.05, 0) is 101 Å². The van der Waals surface area contributed by atoms with Gasteiger partial charge in [-0.25, -0.2) is 4.98 Å². The van der Waals surface area contributed by atoms with Crippen LogP contribution in [0.3, 0.4) is 0 Å². The van der Waals surface area contributed by atoms with Crippen LogP contribution in [-0.4, -0.2) is 104 Å². The second kappa shape index (κ2) is 21.6. The molecular formula is C44H56N10O7. The topological polar surface area (TPSA) is 270 Å². The van der Waals surface area contributed by atoms with Crippen molar-refractivity contribution in [3.05, 3.63) is 76.6 Å². The van der Waals surface area contributed by atoms with Crippen LogP contribution in [0, 0.1) is 35.5 Å². The summed E-state index contributed by atoms with van der Waals surface area (Å²) in [5, 5.41) is 19.8. The highest BCUT2D eigenvalue weighted by molar-refractivity contribution is 6.00. The SMILES string of the molecule is Cc1nc(C#CC(C)(C)C)ccc1C(=O)NC(CCN)C(=O)N(C)[C@@H]1C(=O)N[C@@H](C)C(=O)N[C@H](C(=O)NCC#N)Cc2ccc(OCCN)c(c2)-c2cc1ccc2OCCN. The van der Waals surface area contributed by atoms with Gasteiger partial charge in [-0.15, -0.1) is 0 Å². The van der Waals surface area contributed by atoms with Crippen LogP contribution in [-0.2, 0) is 25.6 Å². The van der Waals surface area contributed by atoms with Crippen molar-refractivity contribution in [2.45, 2.75) is 71.6 Å². The first kappa shape index (κ1) is 47.2. The van der Waals surface area contributed by atoms with Crippen LogP contribution in [0.5, 0.6) is 11.5 Å². The number of nitrogens with one attached hydrogen (secondary N) is 4. The fourth-order valence-corrected chi connectivity index (χ4v) is 6.49. The van der Waals surface area contributed by atoms with E-state index in [0.717, 1.165) is 0 Å². The molecule has 0 radical (unpaired) electrons. The van der Waals surface area contributed by atoms with E-state index in [0.29, 0.717) is 45.1 Å². The molecular weight excluding hydrogens is 781 g/mol. The summed E-state index contributed by atoms with van der Waals surface area (Å²) < 4.78 is 12.1. The molecule has 1 aliphatic rings. The van der Waals surface area contributed by atoms with E-state index in [1.807, 2.05) is 26.8 Å². The number of carbonyl (C=O) groups is 5. The molecule has 61 heavy (non-hydrogen) atoms. The molecule has 4 rings (SSSR count). The van der Waals surface area contributed by atoms with Gasteiger partial charge in [0.05, 0.1) is 17.3 Å². The average Bonchev–Trinajstić information content (AvgIpc) is 3.22. The van der Waals surface area contributed by atoms with E-state index in [1.165, 1.54) is 18.9 Å². The van der Waals surface area contributed by atoms with Crippen LogP contribution < -0.4 is 47.9 Å². The Balaban J connectivity index is 1.84. The summed E-state index contributed by atoms with van der Waals surface area (Å²) in [4.78, 5) is 75.3. The molecule has 4 atom stereocenters. The van der Waals surface area contributed by atoms with Crippen LogP contribution in [0.25, 0.3) is 11.1 Å². The van der Waals surface area contributed by atoms with Gasteiger partial charge in [-0.2, -0.15) is 5.26 Å². The van der Waals surface area contributed by atoms with E-state index < -0.39 is 53.7 Å². The molecule has 0 spiro atoms. The quantitative estimate of drug-likeness (QED) is 0.0885. The van der Waals surface area contributed by atoms with E-state index in [4.69, 9.17) is 31.9 Å². The lowest BCUT2D eigenvalue weighted by atomic mass is 9.93. The van der Waals surface area contributed by atoms with Crippen molar-refractivity contribution in [1.29, 1.82) is 5.26 Å². The van der Waals surface area contributed by atoms with Gasteiger partial charge in [0.15, 0.2) is 0 Å². The molecule has 324 valence electrons. The summed E-state index contributed by atoms with van der Waals surface area (Å²) in [6.45, 7) is 9.43. The summed E-state index contributed by atoms with van der Waals surface area (Å²) in [6, 6.07) is 10.3. The van der Waals surface area contributed by atoms with Gasteiger partial charge in [-0.1, -0.05) is 18.1 Å². The fraction of sp³-hybridized carbons (Fsp3) is 0.432. The number of nitrogens with two attached hydrogens (primary N) is 3. The molecule has 17 heteroatoms. The molecule has 17 nitrogen and oxygen atoms in total. The van der Waals surface area contributed by atoms with Crippen molar-refractivity contribution in [2.75, 3.05) is 46.4 Å². The number of ether oxygens (including phenoxy) is 2. The van der Waals surface area contributed by atoms with Crippen molar-refractivity contribution >= 4 is 29.5 Å². The molecule has 0 saturated heterocycles. The molecule has 2 aromatic carbocycles. The molecule has 5 amide bonds. The van der Waals surface area contributed by atoms with Crippen molar-refractivity contribution < 1.29 is 33.4 Å². The lowest BCUT2D eigenvalue weighted by molar-refractivity contribution is -0.141. The predicted octanol–water partition coefficient (Wildman–Crippen LogP) is 0.962. The van der Waals surface area contributed by atoms with Crippen molar-refractivity contribution in [3.8, 4) is 40.5 Å². The largest absolute Gasteiger partial charge is 0.492 e. The Kier molecular flexibility index (Phi) is 16.7. The minimum Gasteiger partial charge on any atom is -0.492 e. The Morgan fingerprint density at radius 3 is 2.21 bits per heavy atom. The summed E-state index contributed by atoms with van der Waals surface area (Å²) >= 11 is 0. The van der Waals surface area contributed by atoms with E-state index in [-0.39, 0.29) is 63.2 Å². The Bertz CT molecular complexity index is 2200. The molecule has 4 bridgehead atoms. The van der Waals surface area contributed by atoms with E-state index in [2.05, 4.69) is 38.1 Å². The van der Waals surface area contributed by atoms with Gasteiger partial charge >= 0.3 is 0 Å². The van der Waals surface area contributed by atoms with Crippen LogP contribution >= 0.6 is 0 Å². The monoisotopic (exact) mass is 836 g/mol. The molecule has 2 heterocycles. The number of benzene rings is 2. The highest BCUT2D eigenvalue weighted by Gasteiger charge is 2.36. The number of likely N-dealkylation sites (N-methyl/N-ethyl adjacent to an activating group) is 1. The number of aryl methyl sites for hydroxylation is 1. The molecule has 0 saturated carbocycles. The van der Waals surface area contributed by atoms with Gasteiger partial charge in [0.2, 0.25) is 23.6 Å². The first-order valence-corrected chi connectivity index (χ1v) is 20.0. The maximum atomic E-state index is 14.5. The van der Waals surface area contributed by atoms with Gasteiger partial charge < -0.3 is 52.8 Å². The van der Waals surface area contributed by atoms with Gasteiger partial charge in [0.25, 0.3) is 5.91 Å². The van der Waals surface area contributed by atoms with E-state index in [1.54, 1.807) is 55.5 Å². The highest BCUT2D eigenvalue weighted by Crippen LogP contribution is 2.40. The number of hydrogen-bond donors (Lipinski definition) is 7. The minimum atomic E-state index is -1.39. The van der Waals surface area contributed by atoms with Crippen molar-refractivity contribution in [2.24, 2.45) is 22.6 Å². The molecule has 3 aromatic rings. The average molecular weight is 837 g/mol. The number of carbonyl (C=O) groups excluding carboxylic acids is 5. The maximum absolute atomic E-state index is 14.5. The predicted molar refractivity (Wildman–Crippen MR) is 229 cm³/mol. The van der Waals surface area contributed by atoms with Gasteiger partial charge in [-0.3, -0.25) is 24.0 Å². The molecule has 0 aliphatic carbocycles. The van der Waals surface area contributed by atoms with Gasteiger partial charge in [0.1, 0.15) is 61.1 Å². The lowest BCUT2D eigenvalue weighted by Gasteiger charge is -2.32. The Hall–Kier alpha value is -6.53. The molecule has 10 N–H and O–H groups in total. The Morgan fingerprint density at radius 2 is 1.61 bits per heavy atom. The summed E-state index contributed by atoms with van der Waals surface area (Å²) in [6.07, 6.45) is 0.0242. The Labute approximate surface area is 356 Å². The molecule has 0 fully saturated rings. The summed E-state index contributed by atoms with van der Waals surface area (Å²) in [5.74, 6) is 3.62. The smallest absolute Gasteiger partial charge is 0.253 e. The lowest BCUT2D eigenvalue weighted by Crippen LogP contribution is -2.56. The van der Waals surface area contributed by atoms with Crippen LogP contribution in [0.2, 0.25) is 0 Å². The normalized spacial score (nSPS) is 16.8. The second-order valence-corrected chi connectivity index (χ2v) is 15.5. The van der Waals surface area contributed by atoms with Gasteiger partial charge in [0, 0.05) is 43.1 Å². The summed E-state index contributed by atoms with van der Waals surface area (Å²) in [7, 11) is 1.41. The zero-order valence-corrected chi connectivity index (χ0v) is 35.5. The van der Waals surface area contributed by atoms with E-state index >= 15 is 0 Å². The highest BCUT2D eigenvalue weighted by atomic mass is 16.5. The number of rotatable bonds is 14. The molecule has 1 unspecified atom stereocenters. The number of fused-ring (bicyclic) bond motifs is 5. The third-order valence-corrected chi connectivity index (χ3v) is 9.51. The number of amides is 5. The summed E-state index contributed by atoms with van der Waals surface area (Å²) in [5.41, 5.74) is 20.3. The van der Waals surface area contributed by atoms with E-state index in [9.17, 15) is 24.0 Å². The first-order chi connectivity index (χ1) is 29.0.